The highest BCUT2D eigenvalue weighted by molar-refractivity contribution is 5.71. The van der Waals surface area contributed by atoms with Crippen LogP contribution in [0.5, 0.6) is 0 Å². The van der Waals surface area contributed by atoms with Gasteiger partial charge in [-0.15, -0.1) is 0 Å². The molecule has 0 fully saturated rings. The highest BCUT2D eigenvalue weighted by Gasteiger charge is 2.40. The molecule has 3 atom stereocenters. The van der Waals surface area contributed by atoms with Crippen molar-refractivity contribution in [3.63, 3.8) is 0 Å². The Balaban J connectivity index is 4.49. The summed E-state index contributed by atoms with van der Waals surface area (Å²) in [6.07, 6.45) is 31.6. The van der Waals surface area contributed by atoms with E-state index < -0.39 is 35.7 Å². The van der Waals surface area contributed by atoms with Crippen LogP contribution >= 0.6 is 0 Å². The zero-order valence-electron chi connectivity index (χ0n) is 30.5. The van der Waals surface area contributed by atoms with E-state index in [1.807, 2.05) is 20.8 Å². The highest BCUT2D eigenvalue weighted by atomic mass is 16.4. The lowest BCUT2D eigenvalue weighted by atomic mass is 9.95. The van der Waals surface area contributed by atoms with E-state index in [-0.39, 0.29) is 24.1 Å². The van der Waals surface area contributed by atoms with Gasteiger partial charge in [0.25, 0.3) is 0 Å². The van der Waals surface area contributed by atoms with Crippen LogP contribution in [0.1, 0.15) is 175 Å². The Kier molecular flexibility index (Phi) is 28.1. The number of hydrogen-bond acceptors (Lipinski definition) is 3. The van der Waals surface area contributed by atoms with Gasteiger partial charge in [-0.3, -0.25) is 14.4 Å². The number of unbranched alkanes of at least 4 members (excludes halogenated alkanes) is 18. The van der Waals surface area contributed by atoms with Crippen LogP contribution in [0.15, 0.2) is 12.2 Å². The summed E-state index contributed by atoms with van der Waals surface area (Å²) >= 11 is 0. The van der Waals surface area contributed by atoms with Crippen molar-refractivity contribution in [3.05, 3.63) is 12.2 Å². The fourth-order valence-electron chi connectivity index (χ4n) is 6.80. The SMILES string of the molecule is CCCCCCCCCCCCCCCCCC/C=C/CCCC[N+](CC(CC)C(=O)O)(CC(CC)C(=O)O)CC(CC)C(=O)O. The molecule has 46 heavy (non-hydrogen) atoms. The number of hydrogen-bond donors (Lipinski definition) is 3. The Morgan fingerprint density at radius 1 is 0.457 bits per heavy atom. The minimum absolute atomic E-state index is 0.239. The van der Waals surface area contributed by atoms with Gasteiger partial charge in [0.05, 0.1) is 26.2 Å². The zero-order valence-corrected chi connectivity index (χ0v) is 30.5. The first-order chi connectivity index (χ1) is 22.2. The minimum Gasteiger partial charge on any atom is -0.481 e. The largest absolute Gasteiger partial charge is 0.481 e. The summed E-state index contributed by atoms with van der Waals surface area (Å²) in [5.74, 6) is -4.57. The van der Waals surface area contributed by atoms with Gasteiger partial charge in [0.15, 0.2) is 0 Å². The number of carboxylic acid groups (broad SMARTS) is 3. The lowest BCUT2D eigenvalue weighted by molar-refractivity contribution is -0.935. The summed E-state index contributed by atoms with van der Waals surface area (Å²) in [4.78, 5) is 36.0. The van der Waals surface area contributed by atoms with Crippen LogP contribution in [-0.2, 0) is 14.4 Å². The second-order valence-corrected chi connectivity index (χ2v) is 14.0. The van der Waals surface area contributed by atoms with Crippen molar-refractivity contribution in [1.82, 2.24) is 0 Å². The normalized spacial score (nSPS) is 15.0. The van der Waals surface area contributed by atoms with E-state index in [1.165, 1.54) is 103 Å². The molecule has 0 aliphatic rings. The van der Waals surface area contributed by atoms with Crippen molar-refractivity contribution in [1.29, 1.82) is 0 Å². The number of carboxylic acids is 3. The fraction of sp³-hybridized carbons (Fsp3) is 0.872. The number of carbonyl (C=O) groups is 3. The number of rotatable bonds is 34. The van der Waals surface area contributed by atoms with Gasteiger partial charge in [-0.2, -0.15) is 0 Å². The van der Waals surface area contributed by atoms with E-state index in [2.05, 4.69) is 19.1 Å². The third-order valence-electron chi connectivity index (χ3n) is 9.99. The molecule has 0 heterocycles. The Bertz CT molecular complexity index is 738. The van der Waals surface area contributed by atoms with Crippen LogP contribution < -0.4 is 0 Å². The molecular weight excluding hydrogens is 578 g/mol. The predicted octanol–water partition coefficient (Wildman–Crippen LogP) is 10.5. The molecule has 3 unspecified atom stereocenters. The Morgan fingerprint density at radius 2 is 0.739 bits per heavy atom. The van der Waals surface area contributed by atoms with Gasteiger partial charge in [0, 0.05) is 0 Å². The topological polar surface area (TPSA) is 112 Å². The Hall–Kier alpha value is -1.89. The molecule has 0 aliphatic carbocycles. The average Bonchev–Trinajstić information content (AvgIpc) is 3.03. The van der Waals surface area contributed by atoms with Gasteiger partial charge in [0.2, 0.25) is 0 Å². The molecular formula is C39H74NO6+. The maximum absolute atomic E-state index is 12.0. The van der Waals surface area contributed by atoms with Gasteiger partial charge in [-0.05, 0) is 51.4 Å². The van der Waals surface area contributed by atoms with Gasteiger partial charge in [-0.25, -0.2) is 0 Å². The highest BCUT2D eigenvalue weighted by Crippen LogP contribution is 2.25. The van der Waals surface area contributed by atoms with Crippen LogP contribution in [0.4, 0.5) is 0 Å². The maximum Gasteiger partial charge on any atom is 0.312 e. The van der Waals surface area contributed by atoms with E-state index in [9.17, 15) is 29.7 Å². The maximum atomic E-state index is 12.0. The van der Waals surface area contributed by atoms with Gasteiger partial charge < -0.3 is 19.8 Å². The smallest absolute Gasteiger partial charge is 0.312 e. The molecule has 0 radical (unpaired) electrons. The second-order valence-electron chi connectivity index (χ2n) is 14.0. The van der Waals surface area contributed by atoms with Crippen molar-refractivity contribution in [3.8, 4) is 0 Å². The third kappa shape index (κ3) is 22.6. The number of quaternary nitrogens is 1. The molecule has 0 aromatic rings. The van der Waals surface area contributed by atoms with Crippen LogP contribution in [0.2, 0.25) is 0 Å². The fourth-order valence-corrected chi connectivity index (χ4v) is 6.80. The van der Waals surface area contributed by atoms with E-state index >= 15 is 0 Å². The van der Waals surface area contributed by atoms with Crippen LogP contribution in [-0.4, -0.2) is 63.9 Å². The monoisotopic (exact) mass is 653 g/mol. The van der Waals surface area contributed by atoms with E-state index in [0.29, 0.717) is 25.8 Å². The summed E-state index contributed by atoms with van der Waals surface area (Å²) in [6.45, 7) is 9.20. The van der Waals surface area contributed by atoms with Crippen LogP contribution in [0, 0.1) is 17.8 Å². The zero-order chi connectivity index (χ0) is 34.5. The number of nitrogens with zero attached hydrogens (tertiary/aromatic N) is 1. The molecule has 0 saturated heterocycles. The molecule has 0 aliphatic heterocycles. The molecule has 0 aromatic heterocycles. The van der Waals surface area contributed by atoms with Crippen molar-refractivity contribution < 1.29 is 34.2 Å². The first-order valence-corrected chi connectivity index (χ1v) is 19.3. The average molecular weight is 653 g/mol. The summed E-state index contributed by atoms with van der Waals surface area (Å²) in [5.41, 5.74) is 0. The van der Waals surface area contributed by atoms with Gasteiger partial charge in [0.1, 0.15) is 17.8 Å². The third-order valence-corrected chi connectivity index (χ3v) is 9.99. The first-order valence-electron chi connectivity index (χ1n) is 19.3. The molecule has 270 valence electrons. The Morgan fingerprint density at radius 3 is 1.02 bits per heavy atom. The lowest BCUT2D eigenvalue weighted by Gasteiger charge is -2.43. The summed E-state index contributed by atoms with van der Waals surface area (Å²) < 4.78 is 0.239. The summed E-state index contributed by atoms with van der Waals surface area (Å²) in [7, 11) is 0. The molecule has 0 rings (SSSR count). The predicted molar refractivity (Wildman–Crippen MR) is 191 cm³/mol. The standard InChI is InChI=1S/C39H73NO6/c1-5-9-10-11-12-13-14-15-16-17-18-19-20-21-22-23-24-25-26-27-28-29-30-40(31-34(6-2)37(41)42,32-35(7-3)38(43)44)33-36(8-4)39(45)46/h25-26,34-36H,5-24,27-33H2,1-4H3,(H2-,41,42,43,44,45,46)/p+1/b26-25+. The quantitative estimate of drug-likeness (QED) is 0.0362. The van der Waals surface area contributed by atoms with Crippen molar-refractivity contribution in [2.24, 2.45) is 17.8 Å². The van der Waals surface area contributed by atoms with Crippen LogP contribution in [0.3, 0.4) is 0 Å². The van der Waals surface area contributed by atoms with Gasteiger partial charge >= 0.3 is 17.9 Å². The molecule has 0 bridgehead atoms. The Labute approximate surface area is 283 Å². The van der Waals surface area contributed by atoms with E-state index in [0.717, 1.165) is 25.7 Å². The van der Waals surface area contributed by atoms with Crippen molar-refractivity contribution >= 4 is 17.9 Å². The van der Waals surface area contributed by atoms with Crippen molar-refractivity contribution in [2.45, 2.75) is 175 Å². The van der Waals surface area contributed by atoms with E-state index in [1.54, 1.807) is 0 Å². The summed E-state index contributed by atoms with van der Waals surface area (Å²) in [5, 5.41) is 29.5. The van der Waals surface area contributed by atoms with Crippen LogP contribution in [0.25, 0.3) is 0 Å². The lowest BCUT2D eigenvalue weighted by Crippen LogP contribution is -2.58. The minimum atomic E-state index is -0.895. The first kappa shape index (κ1) is 44.1. The molecule has 0 aromatic carbocycles. The summed E-state index contributed by atoms with van der Waals surface area (Å²) in [6, 6.07) is 0. The molecule has 3 N–H and O–H groups in total. The molecule has 0 amide bonds. The molecule has 0 saturated carbocycles. The second kappa shape index (κ2) is 29.3. The number of allylic oxidation sites excluding steroid dienone is 2. The molecule has 0 spiro atoms. The number of aliphatic carboxylic acids is 3. The van der Waals surface area contributed by atoms with E-state index in [4.69, 9.17) is 0 Å². The van der Waals surface area contributed by atoms with Crippen molar-refractivity contribution in [2.75, 3.05) is 26.2 Å². The molecule has 7 heteroatoms. The van der Waals surface area contributed by atoms with Gasteiger partial charge in [-0.1, -0.05) is 136 Å². The molecule has 7 nitrogen and oxygen atoms in total.